The van der Waals surface area contributed by atoms with E-state index in [-0.39, 0.29) is 11.8 Å². The molecule has 1 aromatic carbocycles. The summed E-state index contributed by atoms with van der Waals surface area (Å²) in [6.45, 7) is 5.28. The minimum Gasteiger partial charge on any atom is -0.352 e. The van der Waals surface area contributed by atoms with Crippen LogP contribution in [0.1, 0.15) is 36.0 Å². The molecule has 1 saturated carbocycles. The number of aromatic nitrogens is 1. The van der Waals surface area contributed by atoms with Gasteiger partial charge in [0, 0.05) is 11.3 Å². The Kier molecular flexibility index (Phi) is 4.66. The molecule has 0 radical (unpaired) electrons. The summed E-state index contributed by atoms with van der Waals surface area (Å²) in [5, 5.41) is 16.6. The molecule has 1 amide bonds. The van der Waals surface area contributed by atoms with Crippen LogP contribution in [0.25, 0.3) is 10.9 Å². The number of H-pyrrole nitrogens is 1. The van der Waals surface area contributed by atoms with Gasteiger partial charge in [-0.05, 0) is 43.9 Å². The number of pyridine rings is 1. The van der Waals surface area contributed by atoms with Crippen molar-refractivity contribution >= 4 is 22.6 Å². The quantitative estimate of drug-likeness (QED) is 0.830. The SMILES string of the molecule is Cc1ccc2cc(C#N)c(NCCNC(=O)C3CCC3)[nH+]c2c1C. The summed E-state index contributed by atoms with van der Waals surface area (Å²) in [6.07, 6.45) is 3.18. The third-order valence-corrected chi connectivity index (χ3v) is 4.91. The lowest BCUT2D eigenvalue weighted by atomic mass is 9.85. The maximum atomic E-state index is 11.8. The van der Waals surface area contributed by atoms with Crippen molar-refractivity contribution in [2.45, 2.75) is 33.1 Å². The van der Waals surface area contributed by atoms with E-state index in [2.05, 4.69) is 41.6 Å². The van der Waals surface area contributed by atoms with Gasteiger partial charge in [-0.2, -0.15) is 5.26 Å². The molecule has 124 valence electrons. The van der Waals surface area contributed by atoms with Gasteiger partial charge in [-0.3, -0.25) is 10.1 Å². The van der Waals surface area contributed by atoms with Crippen molar-refractivity contribution in [3.05, 3.63) is 34.9 Å². The van der Waals surface area contributed by atoms with Gasteiger partial charge < -0.3 is 5.32 Å². The van der Waals surface area contributed by atoms with E-state index in [0.717, 1.165) is 30.2 Å². The maximum Gasteiger partial charge on any atom is 0.290 e. The molecule has 0 atom stereocenters. The second kappa shape index (κ2) is 6.88. The predicted octanol–water partition coefficient (Wildman–Crippen LogP) is 2.47. The number of aryl methyl sites for hydroxylation is 2. The zero-order chi connectivity index (χ0) is 17.1. The van der Waals surface area contributed by atoms with Crippen LogP contribution < -0.4 is 15.6 Å². The van der Waals surface area contributed by atoms with Crippen molar-refractivity contribution in [3.8, 4) is 6.07 Å². The Hall–Kier alpha value is -2.61. The lowest BCUT2D eigenvalue weighted by Gasteiger charge is -2.23. The number of hydrogen-bond donors (Lipinski definition) is 2. The number of amides is 1. The smallest absolute Gasteiger partial charge is 0.290 e. The van der Waals surface area contributed by atoms with Crippen LogP contribution in [-0.4, -0.2) is 19.0 Å². The van der Waals surface area contributed by atoms with Crippen molar-refractivity contribution in [2.24, 2.45) is 5.92 Å². The monoisotopic (exact) mass is 323 g/mol. The molecule has 0 aliphatic heterocycles. The zero-order valence-electron chi connectivity index (χ0n) is 14.2. The Labute approximate surface area is 142 Å². The van der Waals surface area contributed by atoms with Crippen LogP contribution in [0.15, 0.2) is 18.2 Å². The zero-order valence-corrected chi connectivity index (χ0v) is 14.2. The number of benzene rings is 1. The summed E-state index contributed by atoms with van der Waals surface area (Å²) < 4.78 is 0. The van der Waals surface area contributed by atoms with E-state index in [0.29, 0.717) is 24.5 Å². The van der Waals surface area contributed by atoms with Crippen LogP contribution in [-0.2, 0) is 4.79 Å². The van der Waals surface area contributed by atoms with E-state index < -0.39 is 0 Å². The van der Waals surface area contributed by atoms with Gasteiger partial charge in [0.15, 0.2) is 0 Å². The van der Waals surface area contributed by atoms with Crippen molar-refractivity contribution in [3.63, 3.8) is 0 Å². The average molecular weight is 323 g/mol. The fraction of sp³-hybridized carbons (Fsp3) is 0.421. The molecule has 5 heteroatoms. The Bertz CT molecular complexity index is 818. The molecule has 1 aromatic heterocycles. The van der Waals surface area contributed by atoms with E-state index in [1.54, 1.807) is 0 Å². The number of nitriles is 1. The van der Waals surface area contributed by atoms with Gasteiger partial charge in [0.1, 0.15) is 23.7 Å². The molecular weight excluding hydrogens is 300 g/mol. The van der Waals surface area contributed by atoms with Gasteiger partial charge in [0.2, 0.25) is 5.91 Å². The van der Waals surface area contributed by atoms with Gasteiger partial charge in [-0.1, -0.05) is 18.6 Å². The number of carbonyl (C=O) groups is 1. The number of nitrogens with zero attached hydrogens (tertiary/aromatic N) is 1. The van der Waals surface area contributed by atoms with Gasteiger partial charge in [-0.15, -0.1) is 0 Å². The van der Waals surface area contributed by atoms with Crippen LogP contribution >= 0.6 is 0 Å². The van der Waals surface area contributed by atoms with E-state index in [9.17, 15) is 10.1 Å². The second-order valence-corrected chi connectivity index (χ2v) is 6.49. The van der Waals surface area contributed by atoms with Crippen molar-refractivity contribution in [2.75, 3.05) is 18.4 Å². The van der Waals surface area contributed by atoms with Gasteiger partial charge >= 0.3 is 0 Å². The summed E-state index contributed by atoms with van der Waals surface area (Å²) in [6, 6.07) is 8.21. The van der Waals surface area contributed by atoms with Crippen molar-refractivity contribution in [1.29, 1.82) is 5.26 Å². The normalized spacial score (nSPS) is 14.0. The summed E-state index contributed by atoms with van der Waals surface area (Å²) in [4.78, 5) is 15.2. The first-order valence-corrected chi connectivity index (χ1v) is 8.48. The summed E-state index contributed by atoms with van der Waals surface area (Å²) in [5.74, 6) is 1.06. The first-order valence-electron chi connectivity index (χ1n) is 8.48. The second-order valence-electron chi connectivity index (χ2n) is 6.49. The molecular formula is C19H23N4O+. The van der Waals surface area contributed by atoms with Crippen LogP contribution in [0, 0.1) is 31.1 Å². The highest BCUT2D eigenvalue weighted by molar-refractivity contribution is 5.82. The lowest BCUT2D eigenvalue weighted by molar-refractivity contribution is -0.328. The highest BCUT2D eigenvalue weighted by Crippen LogP contribution is 2.26. The third-order valence-electron chi connectivity index (χ3n) is 4.91. The average Bonchev–Trinajstić information content (AvgIpc) is 2.53. The fourth-order valence-corrected chi connectivity index (χ4v) is 2.96. The minimum absolute atomic E-state index is 0.150. The molecule has 1 aliphatic rings. The van der Waals surface area contributed by atoms with Gasteiger partial charge in [0.25, 0.3) is 5.82 Å². The summed E-state index contributed by atoms with van der Waals surface area (Å²) in [7, 11) is 0. The number of carbonyl (C=O) groups excluding carboxylic acids is 1. The van der Waals surface area contributed by atoms with Gasteiger partial charge in [-0.25, -0.2) is 4.98 Å². The van der Waals surface area contributed by atoms with Crippen LogP contribution in [0.3, 0.4) is 0 Å². The van der Waals surface area contributed by atoms with E-state index >= 15 is 0 Å². The Balaban J connectivity index is 1.70. The first kappa shape index (κ1) is 16.3. The highest BCUT2D eigenvalue weighted by Gasteiger charge is 2.24. The van der Waals surface area contributed by atoms with Crippen molar-refractivity contribution < 1.29 is 9.78 Å². The number of fused-ring (bicyclic) bond motifs is 1. The van der Waals surface area contributed by atoms with E-state index in [1.165, 1.54) is 11.1 Å². The Morgan fingerprint density at radius 3 is 2.79 bits per heavy atom. The number of hydrogen-bond acceptors (Lipinski definition) is 3. The summed E-state index contributed by atoms with van der Waals surface area (Å²) >= 11 is 0. The molecule has 0 bridgehead atoms. The topological polar surface area (TPSA) is 79.1 Å². The number of nitrogens with one attached hydrogen (secondary N) is 3. The summed E-state index contributed by atoms with van der Waals surface area (Å²) in [5.41, 5.74) is 4.01. The molecule has 1 fully saturated rings. The van der Waals surface area contributed by atoms with Crippen LogP contribution in [0.5, 0.6) is 0 Å². The molecule has 3 N–H and O–H groups in total. The first-order chi connectivity index (χ1) is 11.6. The van der Waals surface area contributed by atoms with Crippen LogP contribution in [0.2, 0.25) is 0 Å². The fourth-order valence-electron chi connectivity index (χ4n) is 2.96. The molecule has 5 nitrogen and oxygen atoms in total. The number of rotatable bonds is 5. The maximum absolute atomic E-state index is 11.8. The van der Waals surface area contributed by atoms with Gasteiger partial charge in [0.05, 0.1) is 6.54 Å². The standard InChI is InChI=1S/C19H22N4O/c1-12-6-7-15-10-16(11-20)18(23-17(15)13(12)2)21-8-9-22-19(24)14-4-3-5-14/h6-7,10,14H,3-5,8-9H2,1-2H3,(H,21,23)(H,22,24)/p+1. The number of aromatic amines is 1. The molecule has 0 unspecified atom stereocenters. The molecule has 1 aliphatic carbocycles. The third kappa shape index (κ3) is 3.18. The van der Waals surface area contributed by atoms with Crippen LogP contribution in [0.4, 0.5) is 5.82 Å². The largest absolute Gasteiger partial charge is 0.352 e. The lowest BCUT2D eigenvalue weighted by Crippen LogP contribution is -2.37. The number of anilines is 1. The molecule has 3 rings (SSSR count). The molecule has 1 heterocycles. The van der Waals surface area contributed by atoms with Crippen molar-refractivity contribution in [1.82, 2.24) is 5.32 Å². The Morgan fingerprint density at radius 1 is 1.33 bits per heavy atom. The molecule has 0 spiro atoms. The predicted molar refractivity (Wildman–Crippen MR) is 93.5 cm³/mol. The minimum atomic E-state index is 0.150. The van der Waals surface area contributed by atoms with E-state index in [1.807, 2.05) is 12.1 Å². The molecule has 24 heavy (non-hydrogen) atoms. The molecule has 2 aromatic rings. The highest BCUT2D eigenvalue weighted by atomic mass is 16.1. The Morgan fingerprint density at radius 2 is 2.12 bits per heavy atom. The van der Waals surface area contributed by atoms with E-state index in [4.69, 9.17) is 0 Å². The molecule has 0 saturated heterocycles.